The molecule has 2 rings (SSSR count). The number of nitrogens with zero attached hydrogens (tertiary/aromatic N) is 1. The van der Waals surface area contributed by atoms with Crippen molar-refractivity contribution >= 4 is 5.96 Å². The lowest BCUT2D eigenvalue weighted by Gasteiger charge is -2.42. The van der Waals surface area contributed by atoms with E-state index in [1.54, 1.807) is 21.3 Å². The highest BCUT2D eigenvalue weighted by molar-refractivity contribution is 5.79. The van der Waals surface area contributed by atoms with Crippen molar-refractivity contribution in [1.29, 1.82) is 0 Å². The van der Waals surface area contributed by atoms with Crippen LogP contribution in [0.1, 0.15) is 31.2 Å². The molecule has 1 saturated carbocycles. The molecule has 1 aliphatic carbocycles. The molecular weight excluding hydrogens is 330 g/mol. The van der Waals surface area contributed by atoms with Crippen molar-refractivity contribution in [3.8, 4) is 5.75 Å². The van der Waals surface area contributed by atoms with Gasteiger partial charge in [-0.05, 0) is 30.7 Å². The molecule has 0 bridgehead atoms. The summed E-state index contributed by atoms with van der Waals surface area (Å²) in [6.45, 7) is 3.62. The fraction of sp³-hybridized carbons (Fsp3) is 0.650. The third kappa shape index (κ3) is 6.18. The second-order valence-electron chi connectivity index (χ2n) is 6.81. The van der Waals surface area contributed by atoms with Crippen molar-refractivity contribution in [2.24, 2.45) is 10.4 Å². The molecule has 0 unspecified atom stereocenters. The SMILES string of the molecule is CN=C(NCCOCc1ccccc1OC)NCC1(CCOC)CCC1. The molecule has 2 N–H and O–H groups in total. The van der Waals surface area contributed by atoms with Crippen LogP contribution in [-0.4, -0.2) is 53.5 Å². The Hall–Kier alpha value is -1.79. The van der Waals surface area contributed by atoms with Crippen molar-refractivity contribution in [3.05, 3.63) is 29.8 Å². The minimum Gasteiger partial charge on any atom is -0.496 e. The van der Waals surface area contributed by atoms with E-state index in [1.807, 2.05) is 24.3 Å². The van der Waals surface area contributed by atoms with E-state index < -0.39 is 0 Å². The van der Waals surface area contributed by atoms with Crippen LogP contribution in [0, 0.1) is 5.41 Å². The van der Waals surface area contributed by atoms with Gasteiger partial charge in [-0.15, -0.1) is 0 Å². The van der Waals surface area contributed by atoms with Crippen LogP contribution in [0.4, 0.5) is 0 Å². The molecule has 1 fully saturated rings. The Balaban J connectivity index is 1.64. The van der Waals surface area contributed by atoms with E-state index in [-0.39, 0.29) is 0 Å². The number of aliphatic imine (C=N–C) groups is 1. The maximum absolute atomic E-state index is 5.75. The monoisotopic (exact) mass is 363 g/mol. The summed E-state index contributed by atoms with van der Waals surface area (Å²) in [5, 5.41) is 6.77. The molecule has 146 valence electrons. The van der Waals surface area contributed by atoms with Gasteiger partial charge in [0.25, 0.3) is 0 Å². The van der Waals surface area contributed by atoms with Crippen LogP contribution in [0.25, 0.3) is 0 Å². The highest BCUT2D eigenvalue weighted by Crippen LogP contribution is 2.43. The summed E-state index contributed by atoms with van der Waals surface area (Å²) < 4.78 is 16.3. The van der Waals surface area contributed by atoms with Gasteiger partial charge in [0.1, 0.15) is 5.75 Å². The average molecular weight is 364 g/mol. The van der Waals surface area contributed by atoms with Crippen molar-refractivity contribution in [1.82, 2.24) is 10.6 Å². The van der Waals surface area contributed by atoms with Gasteiger partial charge in [-0.2, -0.15) is 0 Å². The third-order valence-electron chi connectivity index (χ3n) is 5.09. The Morgan fingerprint density at radius 3 is 2.62 bits per heavy atom. The Morgan fingerprint density at radius 1 is 1.15 bits per heavy atom. The van der Waals surface area contributed by atoms with Gasteiger partial charge in [0.15, 0.2) is 5.96 Å². The van der Waals surface area contributed by atoms with E-state index >= 15 is 0 Å². The van der Waals surface area contributed by atoms with Crippen LogP contribution < -0.4 is 15.4 Å². The van der Waals surface area contributed by atoms with Crippen molar-refractivity contribution in [3.63, 3.8) is 0 Å². The van der Waals surface area contributed by atoms with Crippen molar-refractivity contribution in [2.45, 2.75) is 32.3 Å². The highest BCUT2D eigenvalue weighted by atomic mass is 16.5. The van der Waals surface area contributed by atoms with E-state index in [9.17, 15) is 0 Å². The number of para-hydroxylation sites is 1. The molecule has 6 nitrogen and oxygen atoms in total. The Kier molecular flexibility index (Phi) is 8.71. The lowest BCUT2D eigenvalue weighted by atomic mass is 9.67. The van der Waals surface area contributed by atoms with Gasteiger partial charge in [0, 0.05) is 39.4 Å². The molecule has 0 aromatic heterocycles. The predicted molar refractivity (Wildman–Crippen MR) is 105 cm³/mol. The van der Waals surface area contributed by atoms with Gasteiger partial charge >= 0.3 is 0 Å². The number of hydrogen-bond acceptors (Lipinski definition) is 4. The fourth-order valence-corrected chi connectivity index (χ4v) is 3.25. The first-order valence-electron chi connectivity index (χ1n) is 9.36. The van der Waals surface area contributed by atoms with Gasteiger partial charge < -0.3 is 24.8 Å². The lowest BCUT2D eigenvalue weighted by Crippen LogP contribution is -2.47. The van der Waals surface area contributed by atoms with Crippen LogP contribution >= 0.6 is 0 Å². The second kappa shape index (κ2) is 11.0. The van der Waals surface area contributed by atoms with Crippen LogP contribution in [0.5, 0.6) is 5.75 Å². The van der Waals surface area contributed by atoms with Gasteiger partial charge in [-0.25, -0.2) is 0 Å². The van der Waals surface area contributed by atoms with Crippen molar-refractivity contribution in [2.75, 3.05) is 47.6 Å². The average Bonchev–Trinajstić information content (AvgIpc) is 2.65. The molecular formula is C20H33N3O3. The summed E-state index contributed by atoms with van der Waals surface area (Å²) in [4.78, 5) is 4.30. The molecule has 0 heterocycles. The predicted octanol–water partition coefficient (Wildman–Crippen LogP) is 2.58. The number of methoxy groups -OCH3 is 2. The summed E-state index contributed by atoms with van der Waals surface area (Å²) in [7, 11) is 5.25. The first kappa shape index (κ1) is 20.5. The topological polar surface area (TPSA) is 64.1 Å². The number of nitrogens with one attached hydrogen (secondary N) is 2. The van der Waals surface area contributed by atoms with Gasteiger partial charge in [0.2, 0.25) is 0 Å². The molecule has 26 heavy (non-hydrogen) atoms. The molecule has 0 atom stereocenters. The van der Waals surface area contributed by atoms with Crippen LogP contribution in [-0.2, 0) is 16.1 Å². The van der Waals surface area contributed by atoms with E-state index in [4.69, 9.17) is 14.2 Å². The minimum absolute atomic E-state index is 0.369. The summed E-state index contributed by atoms with van der Waals surface area (Å²) in [6.07, 6.45) is 4.95. The third-order valence-corrected chi connectivity index (χ3v) is 5.09. The van der Waals surface area contributed by atoms with Crippen molar-refractivity contribution < 1.29 is 14.2 Å². The van der Waals surface area contributed by atoms with E-state index in [0.29, 0.717) is 25.2 Å². The molecule has 1 aliphatic rings. The van der Waals surface area contributed by atoms with Gasteiger partial charge in [-0.1, -0.05) is 24.6 Å². The highest BCUT2D eigenvalue weighted by Gasteiger charge is 2.36. The van der Waals surface area contributed by atoms with Gasteiger partial charge in [-0.3, -0.25) is 4.99 Å². The van der Waals surface area contributed by atoms with Gasteiger partial charge in [0.05, 0.1) is 20.3 Å². The molecule has 0 amide bonds. The Morgan fingerprint density at radius 2 is 1.96 bits per heavy atom. The van der Waals surface area contributed by atoms with Crippen LogP contribution in [0.2, 0.25) is 0 Å². The van der Waals surface area contributed by atoms with Crippen LogP contribution in [0.15, 0.2) is 29.3 Å². The van der Waals surface area contributed by atoms with E-state index in [1.165, 1.54) is 19.3 Å². The molecule has 1 aromatic carbocycles. The number of benzene rings is 1. The number of guanidine groups is 1. The normalized spacial score (nSPS) is 16.0. The fourth-order valence-electron chi connectivity index (χ4n) is 3.25. The second-order valence-corrected chi connectivity index (χ2v) is 6.81. The summed E-state index contributed by atoms with van der Waals surface area (Å²) in [6, 6.07) is 7.92. The molecule has 0 radical (unpaired) electrons. The quantitative estimate of drug-likeness (QED) is 0.359. The molecule has 0 saturated heterocycles. The molecule has 6 heteroatoms. The van der Waals surface area contributed by atoms with E-state index in [0.717, 1.165) is 36.8 Å². The zero-order valence-electron chi connectivity index (χ0n) is 16.3. The molecule has 0 aliphatic heterocycles. The standard InChI is InChI=1S/C20H33N3O3/c1-21-19(23-16-20(9-6-10-20)11-13-24-2)22-12-14-26-15-17-7-4-5-8-18(17)25-3/h4-5,7-8H,6,9-16H2,1-3H3,(H2,21,22,23). The largest absolute Gasteiger partial charge is 0.496 e. The maximum atomic E-state index is 5.75. The zero-order chi connectivity index (χ0) is 18.7. The van der Waals surface area contributed by atoms with Crippen LogP contribution in [0.3, 0.4) is 0 Å². The Labute approximate surface area is 157 Å². The minimum atomic E-state index is 0.369. The summed E-state index contributed by atoms with van der Waals surface area (Å²) in [5.74, 6) is 1.69. The first-order chi connectivity index (χ1) is 12.7. The first-order valence-corrected chi connectivity index (χ1v) is 9.36. The Bertz CT molecular complexity index is 559. The maximum Gasteiger partial charge on any atom is 0.191 e. The summed E-state index contributed by atoms with van der Waals surface area (Å²) in [5.41, 5.74) is 1.43. The van der Waals surface area contributed by atoms with E-state index in [2.05, 4.69) is 15.6 Å². The summed E-state index contributed by atoms with van der Waals surface area (Å²) >= 11 is 0. The number of rotatable bonds is 11. The number of ether oxygens (including phenoxy) is 3. The number of hydrogen-bond donors (Lipinski definition) is 2. The smallest absolute Gasteiger partial charge is 0.191 e. The zero-order valence-corrected chi connectivity index (χ0v) is 16.3. The molecule has 1 aromatic rings. The molecule has 0 spiro atoms. The lowest BCUT2D eigenvalue weighted by molar-refractivity contribution is 0.0731.